The molecule has 3 heterocycles. The van der Waals surface area contributed by atoms with Gasteiger partial charge in [-0.25, -0.2) is 9.97 Å². The molecule has 11 rings (SSSR count). The lowest BCUT2D eigenvalue weighted by Crippen LogP contribution is -2.28. The van der Waals surface area contributed by atoms with Crippen LogP contribution in [-0.2, 0) is 5.41 Å². The van der Waals surface area contributed by atoms with Gasteiger partial charge in [0, 0.05) is 34.3 Å². The smallest absolute Gasteiger partial charge is 0.137 e. The summed E-state index contributed by atoms with van der Waals surface area (Å²) in [6, 6.07) is 68.1. The molecule has 252 valence electrons. The lowest BCUT2D eigenvalue weighted by atomic mass is 9.67. The van der Waals surface area contributed by atoms with Crippen molar-refractivity contribution in [2.45, 2.75) is 5.41 Å². The molecule has 1 aliphatic rings. The van der Waals surface area contributed by atoms with Gasteiger partial charge in [-0.3, -0.25) is 0 Å². The molecule has 0 unspecified atom stereocenters. The van der Waals surface area contributed by atoms with Crippen molar-refractivity contribution in [3.8, 4) is 44.8 Å². The maximum Gasteiger partial charge on any atom is 0.137 e. The third-order valence-corrected chi connectivity index (χ3v) is 11.3. The standard InChI is InChI=1S/C51H33N3/c1-3-13-38(14-4-1)51(39-15-5-2-6-16-39)45-19-9-7-17-40(45)43-31-44-42(32-46(43)51)41-18-8-10-20-47(41)53-50(44)37-28-24-35(25-29-37)34-22-26-36(27-23-34)48-33-54-30-12-11-21-49(54)52-48/h1-33H. The molecule has 0 saturated carbocycles. The zero-order chi connectivity index (χ0) is 35.6. The summed E-state index contributed by atoms with van der Waals surface area (Å²) >= 11 is 0. The minimum atomic E-state index is -0.463. The summed E-state index contributed by atoms with van der Waals surface area (Å²) < 4.78 is 2.06. The van der Waals surface area contributed by atoms with Crippen molar-refractivity contribution in [3.05, 3.63) is 223 Å². The van der Waals surface area contributed by atoms with Crippen LogP contribution in [0.25, 0.3) is 72.1 Å². The Bertz CT molecular complexity index is 2940. The third-order valence-electron chi connectivity index (χ3n) is 11.3. The van der Waals surface area contributed by atoms with Crippen LogP contribution >= 0.6 is 0 Å². The molecule has 0 spiro atoms. The van der Waals surface area contributed by atoms with Gasteiger partial charge in [0.2, 0.25) is 0 Å². The lowest BCUT2D eigenvalue weighted by molar-refractivity contribution is 0.769. The number of fused-ring (bicyclic) bond motifs is 7. The molecule has 7 aromatic carbocycles. The molecular weight excluding hydrogens is 655 g/mol. The van der Waals surface area contributed by atoms with Gasteiger partial charge < -0.3 is 4.40 Å². The Hall–Kier alpha value is -7.10. The Labute approximate surface area is 313 Å². The number of nitrogens with zero attached hydrogens (tertiary/aromatic N) is 3. The summed E-state index contributed by atoms with van der Waals surface area (Å²) in [5, 5.41) is 3.53. The van der Waals surface area contributed by atoms with Crippen LogP contribution in [0.5, 0.6) is 0 Å². The Kier molecular flexibility index (Phi) is 6.77. The number of para-hydroxylation sites is 1. The fourth-order valence-corrected chi connectivity index (χ4v) is 8.83. The summed E-state index contributed by atoms with van der Waals surface area (Å²) in [5.41, 5.74) is 15.6. The van der Waals surface area contributed by atoms with E-state index in [9.17, 15) is 0 Å². The fraction of sp³-hybridized carbons (Fsp3) is 0.0196. The summed E-state index contributed by atoms with van der Waals surface area (Å²) in [7, 11) is 0. The molecule has 0 N–H and O–H groups in total. The van der Waals surface area contributed by atoms with E-state index in [1.807, 2.05) is 24.4 Å². The van der Waals surface area contributed by atoms with Crippen molar-refractivity contribution in [2.24, 2.45) is 0 Å². The largest absolute Gasteiger partial charge is 0.306 e. The van der Waals surface area contributed by atoms with Crippen LogP contribution in [0.3, 0.4) is 0 Å². The highest BCUT2D eigenvalue weighted by atomic mass is 15.0. The second kappa shape index (κ2) is 12.0. The van der Waals surface area contributed by atoms with E-state index in [-0.39, 0.29) is 0 Å². The van der Waals surface area contributed by atoms with Gasteiger partial charge in [0.15, 0.2) is 0 Å². The van der Waals surface area contributed by atoms with Crippen molar-refractivity contribution in [1.82, 2.24) is 14.4 Å². The van der Waals surface area contributed by atoms with E-state index in [4.69, 9.17) is 9.97 Å². The number of rotatable bonds is 5. The van der Waals surface area contributed by atoms with Crippen LogP contribution < -0.4 is 0 Å². The normalized spacial score (nSPS) is 13.0. The summed E-state index contributed by atoms with van der Waals surface area (Å²) in [4.78, 5) is 10.2. The van der Waals surface area contributed by atoms with Gasteiger partial charge >= 0.3 is 0 Å². The molecule has 10 aromatic rings. The first-order valence-corrected chi connectivity index (χ1v) is 18.5. The number of aromatic nitrogens is 3. The zero-order valence-electron chi connectivity index (χ0n) is 29.4. The number of hydrogen-bond donors (Lipinski definition) is 0. The quantitative estimate of drug-likeness (QED) is 0.169. The summed E-state index contributed by atoms with van der Waals surface area (Å²) in [6.07, 6.45) is 4.11. The van der Waals surface area contributed by atoms with E-state index in [1.165, 1.54) is 38.8 Å². The molecule has 1 aliphatic carbocycles. The highest BCUT2D eigenvalue weighted by Gasteiger charge is 2.46. The van der Waals surface area contributed by atoms with Crippen LogP contribution in [0, 0.1) is 0 Å². The van der Waals surface area contributed by atoms with E-state index in [2.05, 4.69) is 180 Å². The lowest BCUT2D eigenvalue weighted by Gasteiger charge is -2.34. The average Bonchev–Trinajstić information content (AvgIpc) is 3.81. The molecule has 0 atom stereocenters. The van der Waals surface area contributed by atoms with Gasteiger partial charge in [-0.2, -0.15) is 0 Å². The third kappa shape index (κ3) is 4.55. The van der Waals surface area contributed by atoms with Gasteiger partial charge in [0.05, 0.1) is 22.3 Å². The van der Waals surface area contributed by atoms with E-state index >= 15 is 0 Å². The Morgan fingerprint density at radius 1 is 0.407 bits per heavy atom. The molecule has 0 radical (unpaired) electrons. The monoisotopic (exact) mass is 687 g/mol. The van der Waals surface area contributed by atoms with Crippen molar-refractivity contribution in [3.63, 3.8) is 0 Å². The van der Waals surface area contributed by atoms with Gasteiger partial charge in [-0.05, 0) is 80.2 Å². The van der Waals surface area contributed by atoms with Crippen LogP contribution in [0.1, 0.15) is 22.3 Å². The van der Waals surface area contributed by atoms with Gasteiger partial charge in [-0.1, -0.05) is 158 Å². The van der Waals surface area contributed by atoms with E-state index in [1.54, 1.807) is 0 Å². The minimum absolute atomic E-state index is 0.463. The van der Waals surface area contributed by atoms with E-state index < -0.39 is 5.41 Å². The summed E-state index contributed by atoms with van der Waals surface area (Å²) in [6.45, 7) is 0. The molecule has 3 nitrogen and oxygen atoms in total. The first kappa shape index (κ1) is 30.5. The molecule has 0 amide bonds. The number of benzene rings is 7. The van der Waals surface area contributed by atoms with Crippen molar-refractivity contribution < 1.29 is 0 Å². The average molecular weight is 688 g/mol. The topological polar surface area (TPSA) is 30.2 Å². The van der Waals surface area contributed by atoms with Crippen molar-refractivity contribution in [1.29, 1.82) is 0 Å². The molecular formula is C51H33N3. The first-order valence-electron chi connectivity index (χ1n) is 18.5. The maximum absolute atomic E-state index is 5.36. The molecule has 0 saturated heterocycles. The minimum Gasteiger partial charge on any atom is -0.306 e. The molecule has 3 heteroatoms. The highest BCUT2D eigenvalue weighted by Crippen LogP contribution is 2.57. The van der Waals surface area contributed by atoms with Crippen LogP contribution in [-0.4, -0.2) is 14.4 Å². The van der Waals surface area contributed by atoms with Gasteiger partial charge in [0.25, 0.3) is 0 Å². The van der Waals surface area contributed by atoms with Crippen LogP contribution in [0.15, 0.2) is 200 Å². The highest BCUT2D eigenvalue weighted by molar-refractivity contribution is 6.13. The Balaban J connectivity index is 1.07. The van der Waals surface area contributed by atoms with Crippen molar-refractivity contribution in [2.75, 3.05) is 0 Å². The number of pyridine rings is 2. The Morgan fingerprint density at radius 3 is 1.74 bits per heavy atom. The SMILES string of the molecule is c1ccc(C2(c3ccccc3)c3ccccc3-c3cc4c(-c5ccc(-c6ccc(-c7cn8ccccc8n7)cc6)cc5)nc5ccccc5c4cc32)cc1. The maximum atomic E-state index is 5.36. The van der Waals surface area contributed by atoms with Gasteiger partial charge in [0.1, 0.15) is 5.65 Å². The molecule has 3 aromatic heterocycles. The predicted octanol–water partition coefficient (Wildman–Crippen LogP) is 12.4. The second-order valence-corrected chi connectivity index (χ2v) is 14.2. The fourth-order valence-electron chi connectivity index (χ4n) is 8.83. The van der Waals surface area contributed by atoms with E-state index in [0.29, 0.717) is 0 Å². The predicted molar refractivity (Wildman–Crippen MR) is 222 cm³/mol. The summed E-state index contributed by atoms with van der Waals surface area (Å²) in [5.74, 6) is 0. The van der Waals surface area contributed by atoms with Crippen LogP contribution in [0.4, 0.5) is 0 Å². The van der Waals surface area contributed by atoms with E-state index in [0.717, 1.165) is 55.6 Å². The van der Waals surface area contributed by atoms with Crippen LogP contribution in [0.2, 0.25) is 0 Å². The number of imidazole rings is 1. The second-order valence-electron chi connectivity index (χ2n) is 14.2. The van der Waals surface area contributed by atoms with Crippen molar-refractivity contribution >= 4 is 27.3 Å². The molecule has 0 aliphatic heterocycles. The molecule has 54 heavy (non-hydrogen) atoms. The molecule has 0 bridgehead atoms. The Morgan fingerprint density at radius 2 is 1.02 bits per heavy atom. The first-order chi connectivity index (χ1) is 26.8. The molecule has 0 fully saturated rings. The number of hydrogen-bond acceptors (Lipinski definition) is 2. The zero-order valence-corrected chi connectivity index (χ0v) is 29.4. The van der Waals surface area contributed by atoms with Gasteiger partial charge in [-0.15, -0.1) is 0 Å².